The fourth-order valence-electron chi connectivity index (χ4n) is 1.12. The molecule has 0 spiro atoms. The molecule has 0 heterocycles. The molecule has 0 amide bonds. The Morgan fingerprint density at radius 1 is 1.60 bits per heavy atom. The van der Waals surface area contributed by atoms with Gasteiger partial charge in [-0.2, -0.15) is 0 Å². The Hall–Kier alpha value is -1.32. The minimum absolute atomic E-state index is 0.0713. The van der Waals surface area contributed by atoms with Gasteiger partial charge in [0.25, 0.3) is 0 Å². The molecular weight excluding hydrogens is 216 g/mol. The molecule has 4 heteroatoms. The first kappa shape index (κ1) is 11.8. The van der Waals surface area contributed by atoms with Crippen LogP contribution in [0.25, 0.3) is 6.08 Å². The van der Waals surface area contributed by atoms with Crippen LogP contribution in [0, 0.1) is 0 Å². The van der Waals surface area contributed by atoms with Crippen LogP contribution in [0.1, 0.15) is 5.56 Å². The molecule has 0 aliphatic carbocycles. The van der Waals surface area contributed by atoms with Crippen LogP contribution in [0.5, 0.6) is 0 Å². The summed E-state index contributed by atoms with van der Waals surface area (Å²) in [7, 11) is 1.45. The van der Waals surface area contributed by atoms with Crippen LogP contribution in [-0.2, 0) is 9.53 Å². The maximum absolute atomic E-state index is 10.8. The summed E-state index contributed by atoms with van der Waals surface area (Å²) in [5.74, 6) is -0.989. The minimum atomic E-state index is -0.989. The SMILES string of the molecule is COC/C(=C\c1cccc(Cl)c1)C(=O)O. The summed E-state index contributed by atoms with van der Waals surface area (Å²) in [6.45, 7) is 0.0713. The van der Waals surface area contributed by atoms with Crippen molar-refractivity contribution in [3.05, 3.63) is 40.4 Å². The van der Waals surface area contributed by atoms with E-state index in [1.807, 2.05) is 0 Å². The lowest BCUT2D eigenvalue weighted by atomic mass is 10.1. The highest BCUT2D eigenvalue weighted by molar-refractivity contribution is 6.30. The largest absolute Gasteiger partial charge is 0.478 e. The number of halogens is 1. The predicted molar refractivity (Wildman–Crippen MR) is 58.9 cm³/mol. The predicted octanol–water partition coefficient (Wildman–Crippen LogP) is 2.45. The summed E-state index contributed by atoms with van der Waals surface area (Å²) >= 11 is 5.78. The molecule has 0 saturated heterocycles. The Bertz CT molecular complexity index is 385. The third kappa shape index (κ3) is 3.73. The smallest absolute Gasteiger partial charge is 0.333 e. The van der Waals surface area contributed by atoms with E-state index in [-0.39, 0.29) is 12.2 Å². The van der Waals surface area contributed by atoms with Gasteiger partial charge in [0.2, 0.25) is 0 Å². The number of methoxy groups -OCH3 is 1. The van der Waals surface area contributed by atoms with Gasteiger partial charge >= 0.3 is 5.97 Å². The summed E-state index contributed by atoms with van der Waals surface area (Å²) in [6.07, 6.45) is 1.54. The number of hydrogen-bond acceptors (Lipinski definition) is 2. The summed E-state index contributed by atoms with van der Waals surface area (Å²) in [4.78, 5) is 10.8. The number of aliphatic carboxylic acids is 1. The van der Waals surface area contributed by atoms with E-state index in [1.165, 1.54) is 13.2 Å². The van der Waals surface area contributed by atoms with Gasteiger partial charge in [0.05, 0.1) is 12.2 Å². The standard InChI is InChI=1S/C11H11ClO3/c1-15-7-9(11(13)14)5-8-3-2-4-10(12)6-8/h2-6H,7H2,1H3,(H,13,14)/b9-5+. The van der Waals surface area contributed by atoms with E-state index in [0.29, 0.717) is 5.02 Å². The number of hydrogen-bond donors (Lipinski definition) is 1. The lowest BCUT2D eigenvalue weighted by Gasteiger charge is -2.01. The molecule has 0 saturated carbocycles. The molecule has 0 bridgehead atoms. The number of carboxylic acid groups (broad SMARTS) is 1. The summed E-state index contributed by atoms with van der Waals surface area (Å²) in [6, 6.07) is 6.97. The lowest BCUT2D eigenvalue weighted by Crippen LogP contribution is -2.06. The number of rotatable bonds is 4. The molecule has 0 atom stereocenters. The van der Waals surface area contributed by atoms with Crippen molar-refractivity contribution < 1.29 is 14.6 Å². The quantitative estimate of drug-likeness (QED) is 0.803. The highest BCUT2D eigenvalue weighted by Gasteiger charge is 2.06. The Labute approximate surface area is 92.9 Å². The van der Waals surface area contributed by atoms with Crippen molar-refractivity contribution in [1.82, 2.24) is 0 Å². The van der Waals surface area contributed by atoms with Gasteiger partial charge in [0.1, 0.15) is 0 Å². The van der Waals surface area contributed by atoms with E-state index in [4.69, 9.17) is 21.4 Å². The maximum atomic E-state index is 10.8. The molecule has 0 aromatic heterocycles. The van der Waals surface area contributed by atoms with Crippen molar-refractivity contribution in [2.24, 2.45) is 0 Å². The average molecular weight is 227 g/mol. The minimum Gasteiger partial charge on any atom is -0.478 e. The van der Waals surface area contributed by atoms with Gasteiger partial charge in [0, 0.05) is 12.1 Å². The second-order valence-corrected chi connectivity index (χ2v) is 3.40. The topological polar surface area (TPSA) is 46.5 Å². The fourth-order valence-corrected chi connectivity index (χ4v) is 1.32. The number of ether oxygens (including phenoxy) is 1. The fraction of sp³-hybridized carbons (Fsp3) is 0.182. The Balaban J connectivity index is 2.96. The molecule has 3 nitrogen and oxygen atoms in total. The van der Waals surface area contributed by atoms with Gasteiger partial charge in [-0.25, -0.2) is 4.79 Å². The van der Waals surface area contributed by atoms with Crippen molar-refractivity contribution in [3.8, 4) is 0 Å². The normalized spacial score (nSPS) is 11.5. The zero-order chi connectivity index (χ0) is 11.3. The molecule has 1 aromatic rings. The molecule has 15 heavy (non-hydrogen) atoms. The van der Waals surface area contributed by atoms with Crippen LogP contribution in [0.3, 0.4) is 0 Å². The van der Waals surface area contributed by atoms with E-state index < -0.39 is 5.97 Å². The monoisotopic (exact) mass is 226 g/mol. The van der Waals surface area contributed by atoms with E-state index in [1.54, 1.807) is 24.3 Å². The van der Waals surface area contributed by atoms with Gasteiger partial charge in [-0.15, -0.1) is 0 Å². The number of carboxylic acids is 1. The zero-order valence-corrected chi connectivity index (χ0v) is 8.99. The first-order valence-electron chi connectivity index (χ1n) is 4.32. The molecule has 80 valence electrons. The highest BCUT2D eigenvalue weighted by Crippen LogP contribution is 2.13. The summed E-state index contributed by atoms with van der Waals surface area (Å²) in [5.41, 5.74) is 0.941. The lowest BCUT2D eigenvalue weighted by molar-refractivity contribution is -0.133. The molecule has 0 fully saturated rings. The Morgan fingerprint density at radius 2 is 2.33 bits per heavy atom. The second kappa shape index (κ2) is 5.53. The Morgan fingerprint density at radius 3 is 2.87 bits per heavy atom. The third-order valence-corrected chi connectivity index (χ3v) is 2.00. The van der Waals surface area contributed by atoms with Gasteiger partial charge in [0.15, 0.2) is 0 Å². The average Bonchev–Trinajstić information content (AvgIpc) is 2.17. The van der Waals surface area contributed by atoms with Crippen LogP contribution in [0.2, 0.25) is 5.02 Å². The van der Waals surface area contributed by atoms with Crippen molar-refractivity contribution in [2.75, 3.05) is 13.7 Å². The molecule has 0 radical (unpaired) electrons. The molecule has 1 N–H and O–H groups in total. The highest BCUT2D eigenvalue weighted by atomic mass is 35.5. The molecule has 1 rings (SSSR count). The van der Waals surface area contributed by atoms with Crippen LogP contribution < -0.4 is 0 Å². The van der Waals surface area contributed by atoms with Crippen molar-refractivity contribution in [2.45, 2.75) is 0 Å². The van der Waals surface area contributed by atoms with Crippen LogP contribution in [0.4, 0.5) is 0 Å². The summed E-state index contributed by atoms with van der Waals surface area (Å²) < 4.78 is 4.79. The molecule has 1 aromatic carbocycles. The van der Waals surface area contributed by atoms with Crippen LogP contribution in [0.15, 0.2) is 29.8 Å². The van der Waals surface area contributed by atoms with Crippen LogP contribution in [-0.4, -0.2) is 24.8 Å². The van der Waals surface area contributed by atoms with Crippen molar-refractivity contribution in [1.29, 1.82) is 0 Å². The van der Waals surface area contributed by atoms with Gasteiger partial charge < -0.3 is 9.84 Å². The van der Waals surface area contributed by atoms with Crippen molar-refractivity contribution >= 4 is 23.6 Å². The molecular formula is C11H11ClO3. The van der Waals surface area contributed by atoms with Crippen LogP contribution >= 0.6 is 11.6 Å². The summed E-state index contributed by atoms with van der Waals surface area (Å²) in [5, 5.41) is 9.43. The zero-order valence-electron chi connectivity index (χ0n) is 8.24. The van der Waals surface area contributed by atoms with Crippen molar-refractivity contribution in [3.63, 3.8) is 0 Å². The molecule has 0 unspecified atom stereocenters. The maximum Gasteiger partial charge on any atom is 0.333 e. The van der Waals surface area contributed by atoms with Gasteiger partial charge in [-0.1, -0.05) is 23.7 Å². The molecule has 0 aliphatic heterocycles. The van der Waals surface area contributed by atoms with E-state index in [2.05, 4.69) is 0 Å². The first-order valence-corrected chi connectivity index (χ1v) is 4.69. The van der Waals surface area contributed by atoms with E-state index in [9.17, 15) is 4.79 Å². The van der Waals surface area contributed by atoms with E-state index >= 15 is 0 Å². The Kier molecular flexibility index (Phi) is 4.34. The van der Waals surface area contributed by atoms with E-state index in [0.717, 1.165) is 5.56 Å². The van der Waals surface area contributed by atoms with Gasteiger partial charge in [-0.05, 0) is 23.8 Å². The van der Waals surface area contributed by atoms with Gasteiger partial charge in [-0.3, -0.25) is 0 Å². The first-order chi connectivity index (χ1) is 7.13. The third-order valence-electron chi connectivity index (χ3n) is 1.76. The number of carbonyl (C=O) groups is 1. The molecule has 0 aliphatic rings. The second-order valence-electron chi connectivity index (χ2n) is 2.96. The number of benzene rings is 1.